The molecule has 0 aliphatic heterocycles. The molecule has 5 nitrogen and oxygen atoms in total. The number of alkyl carbamates (subject to hydrolysis) is 1. The number of fused-ring (bicyclic) bond motifs is 3. The van der Waals surface area contributed by atoms with E-state index in [0.29, 0.717) is 5.56 Å². The zero-order valence-electron chi connectivity index (χ0n) is 15.0. The van der Waals surface area contributed by atoms with Gasteiger partial charge in [0.2, 0.25) is 0 Å². The van der Waals surface area contributed by atoms with Crippen molar-refractivity contribution in [3.05, 3.63) is 95.6 Å². The Morgan fingerprint density at radius 1 is 0.857 bits per heavy atom. The highest BCUT2D eigenvalue weighted by Crippen LogP contribution is 2.44. The van der Waals surface area contributed by atoms with E-state index in [1.54, 1.807) is 30.3 Å². The summed E-state index contributed by atoms with van der Waals surface area (Å²) in [4.78, 5) is 23.9. The second-order valence-corrected chi connectivity index (χ2v) is 6.65. The number of amides is 1. The Balaban J connectivity index is 1.49. The van der Waals surface area contributed by atoms with Gasteiger partial charge in [0.15, 0.2) is 6.04 Å². The van der Waals surface area contributed by atoms with E-state index in [4.69, 9.17) is 4.74 Å². The van der Waals surface area contributed by atoms with E-state index in [0.717, 1.165) is 22.3 Å². The molecule has 0 fully saturated rings. The van der Waals surface area contributed by atoms with E-state index >= 15 is 0 Å². The summed E-state index contributed by atoms with van der Waals surface area (Å²) in [6.45, 7) is 0.140. The van der Waals surface area contributed by atoms with Crippen molar-refractivity contribution in [3.63, 3.8) is 0 Å². The number of benzene rings is 3. The van der Waals surface area contributed by atoms with E-state index in [-0.39, 0.29) is 12.5 Å². The standard InChI is InChI=1S/C23H19NO4/c25-22(26)21(15-8-2-1-3-9-15)24-23(27)28-14-20-18-12-6-4-10-16(18)17-11-5-7-13-19(17)20/h1-13,20-21H,14H2,(H,24,27)(H,25,26)/t21-/m0/s1. The number of ether oxygens (including phenoxy) is 1. The molecule has 4 rings (SSSR count). The van der Waals surface area contributed by atoms with Gasteiger partial charge >= 0.3 is 12.1 Å². The molecule has 1 aliphatic rings. The minimum Gasteiger partial charge on any atom is -0.479 e. The average molecular weight is 373 g/mol. The number of rotatable bonds is 5. The first kappa shape index (κ1) is 17.8. The second-order valence-electron chi connectivity index (χ2n) is 6.65. The Morgan fingerprint density at radius 2 is 1.39 bits per heavy atom. The van der Waals surface area contributed by atoms with Crippen LogP contribution in [0.25, 0.3) is 11.1 Å². The van der Waals surface area contributed by atoms with Gasteiger partial charge in [0.1, 0.15) is 6.61 Å². The largest absolute Gasteiger partial charge is 0.479 e. The molecule has 0 radical (unpaired) electrons. The van der Waals surface area contributed by atoms with Gasteiger partial charge in [-0.2, -0.15) is 0 Å². The first-order valence-electron chi connectivity index (χ1n) is 9.04. The lowest BCUT2D eigenvalue weighted by atomic mass is 9.98. The first-order chi connectivity index (χ1) is 13.6. The molecule has 140 valence electrons. The Labute approximate surface area is 162 Å². The number of carboxylic acids is 1. The van der Waals surface area contributed by atoms with Gasteiger partial charge in [-0.3, -0.25) is 0 Å². The number of nitrogens with one attached hydrogen (secondary N) is 1. The third-order valence-electron chi connectivity index (χ3n) is 4.99. The SMILES string of the molecule is O=C(N[C@H](C(=O)O)c1ccccc1)OCC1c2ccccc2-c2ccccc21. The van der Waals surface area contributed by atoms with Crippen molar-refractivity contribution in [2.75, 3.05) is 6.61 Å². The van der Waals surface area contributed by atoms with Crippen LogP contribution >= 0.6 is 0 Å². The van der Waals surface area contributed by atoms with Crippen molar-refractivity contribution >= 4 is 12.1 Å². The van der Waals surface area contributed by atoms with Crippen molar-refractivity contribution in [2.45, 2.75) is 12.0 Å². The number of hydrogen-bond donors (Lipinski definition) is 2. The van der Waals surface area contributed by atoms with Crippen molar-refractivity contribution in [2.24, 2.45) is 0 Å². The highest BCUT2D eigenvalue weighted by Gasteiger charge is 2.30. The van der Waals surface area contributed by atoms with Crippen molar-refractivity contribution in [1.82, 2.24) is 5.32 Å². The fourth-order valence-electron chi connectivity index (χ4n) is 3.69. The van der Waals surface area contributed by atoms with Gasteiger partial charge in [-0.1, -0.05) is 78.9 Å². The van der Waals surface area contributed by atoms with Gasteiger partial charge in [-0.15, -0.1) is 0 Å². The summed E-state index contributed by atoms with van der Waals surface area (Å²) >= 11 is 0. The third-order valence-corrected chi connectivity index (χ3v) is 4.99. The zero-order valence-corrected chi connectivity index (χ0v) is 15.0. The Morgan fingerprint density at radius 3 is 1.96 bits per heavy atom. The second kappa shape index (κ2) is 7.56. The van der Waals surface area contributed by atoms with Crippen LogP contribution in [0.2, 0.25) is 0 Å². The number of aliphatic carboxylic acids is 1. The van der Waals surface area contributed by atoms with Gasteiger partial charge < -0.3 is 15.2 Å². The molecule has 3 aromatic rings. The summed E-state index contributed by atoms with van der Waals surface area (Å²) < 4.78 is 5.43. The lowest BCUT2D eigenvalue weighted by Gasteiger charge is -2.17. The number of carbonyl (C=O) groups is 2. The molecule has 28 heavy (non-hydrogen) atoms. The molecule has 0 saturated heterocycles. The minimum atomic E-state index is -1.16. The summed E-state index contributed by atoms with van der Waals surface area (Å²) in [7, 11) is 0. The fraction of sp³-hybridized carbons (Fsp3) is 0.130. The molecule has 1 amide bonds. The number of carbonyl (C=O) groups excluding carboxylic acids is 1. The van der Waals surface area contributed by atoms with Crippen LogP contribution < -0.4 is 5.32 Å². The quantitative estimate of drug-likeness (QED) is 0.697. The highest BCUT2D eigenvalue weighted by atomic mass is 16.5. The summed E-state index contributed by atoms with van der Waals surface area (Å²) in [5.41, 5.74) is 4.98. The molecule has 0 spiro atoms. The average Bonchev–Trinajstić information content (AvgIpc) is 3.05. The van der Waals surface area contributed by atoms with E-state index in [9.17, 15) is 14.7 Å². The van der Waals surface area contributed by atoms with Gasteiger partial charge in [-0.25, -0.2) is 9.59 Å². The lowest BCUT2D eigenvalue weighted by Crippen LogP contribution is -2.34. The molecular weight excluding hydrogens is 354 g/mol. The zero-order chi connectivity index (χ0) is 19.5. The summed E-state index contributed by atoms with van der Waals surface area (Å²) in [5.74, 6) is -1.21. The van der Waals surface area contributed by atoms with E-state index < -0.39 is 18.1 Å². The normalized spacial score (nSPS) is 13.3. The molecule has 0 saturated carbocycles. The van der Waals surface area contributed by atoms with Crippen LogP contribution in [0.15, 0.2) is 78.9 Å². The predicted octanol–water partition coefficient (Wildman–Crippen LogP) is 4.35. The van der Waals surface area contributed by atoms with Crippen molar-refractivity contribution < 1.29 is 19.4 Å². The maximum Gasteiger partial charge on any atom is 0.408 e. The number of carboxylic acid groups (broad SMARTS) is 1. The summed E-state index contributed by atoms with van der Waals surface area (Å²) in [6, 6.07) is 23.5. The van der Waals surface area contributed by atoms with Crippen LogP contribution in [-0.4, -0.2) is 23.8 Å². The maximum atomic E-state index is 12.3. The van der Waals surface area contributed by atoms with Gasteiger partial charge in [-0.05, 0) is 27.8 Å². The molecular formula is C23H19NO4. The summed E-state index contributed by atoms with van der Waals surface area (Å²) in [6.07, 6.45) is -0.752. The molecule has 0 heterocycles. The third kappa shape index (κ3) is 3.34. The number of hydrogen-bond acceptors (Lipinski definition) is 3. The molecule has 3 aromatic carbocycles. The molecule has 0 unspecified atom stereocenters. The first-order valence-corrected chi connectivity index (χ1v) is 9.04. The van der Waals surface area contributed by atoms with Crippen LogP contribution in [0.4, 0.5) is 4.79 Å². The van der Waals surface area contributed by atoms with Crippen LogP contribution in [0, 0.1) is 0 Å². The molecule has 0 bridgehead atoms. The van der Waals surface area contributed by atoms with E-state index in [1.807, 2.05) is 36.4 Å². The van der Waals surface area contributed by atoms with Crippen LogP contribution in [0.5, 0.6) is 0 Å². The van der Waals surface area contributed by atoms with Gasteiger partial charge in [0.25, 0.3) is 0 Å². The van der Waals surface area contributed by atoms with E-state index in [2.05, 4.69) is 17.4 Å². The monoisotopic (exact) mass is 373 g/mol. The molecule has 5 heteroatoms. The van der Waals surface area contributed by atoms with Crippen molar-refractivity contribution in [1.29, 1.82) is 0 Å². The molecule has 1 atom stereocenters. The maximum absolute atomic E-state index is 12.3. The van der Waals surface area contributed by atoms with Crippen LogP contribution in [0.1, 0.15) is 28.7 Å². The smallest absolute Gasteiger partial charge is 0.408 e. The van der Waals surface area contributed by atoms with Gasteiger partial charge in [0.05, 0.1) is 0 Å². The topological polar surface area (TPSA) is 75.6 Å². The minimum absolute atomic E-state index is 0.0712. The lowest BCUT2D eigenvalue weighted by molar-refractivity contribution is -0.139. The Kier molecular flexibility index (Phi) is 4.81. The Bertz CT molecular complexity index is 970. The summed E-state index contributed by atoms with van der Waals surface area (Å²) in [5, 5.41) is 11.9. The molecule has 0 aromatic heterocycles. The van der Waals surface area contributed by atoms with E-state index in [1.165, 1.54) is 0 Å². The molecule has 1 aliphatic carbocycles. The molecule has 2 N–H and O–H groups in total. The fourth-order valence-corrected chi connectivity index (χ4v) is 3.69. The van der Waals surface area contributed by atoms with Crippen LogP contribution in [-0.2, 0) is 9.53 Å². The van der Waals surface area contributed by atoms with Crippen LogP contribution in [0.3, 0.4) is 0 Å². The highest BCUT2D eigenvalue weighted by molar-refractivity contribution is 5.82. The predicted molar refractivity (Wildman–Crippen MR) is 105 cm³/mol. The Hall–Kier alpha value is -3.60. The van der Waals surface area contributed by atoms with Crippen molar-refractivity contribution in [3.8, 4) is 11.1 Å². The van der Waals surface area contributed by atoms with Gasteiger partial charge in [0, 0.05) is 5.92 Å².